The largest absolute Gasteiger partial charge is 0.412 e. The second-order valence-electron chi connectivity index (χ2n) is 7.31. The van der Waals surface area contributed by atoms with Crippen molar-refractivity contribution in [1.82, 2.24) is 0 Å². The summed E-state index contributed by atoms with van der Waals surface area (Å²) in [5, 5.41) is 0. The van der Waals surface area contributed by atoms with Gasteiger partial charge in [-0.05, 0) is 17.4 Å². The first-order valence-electron chi connectivity index (χ1n) is 8.55. The summed E-state index contributed by atoms with van der Waals surface area (Å²) >= 11 is 0. The lowest BCUT2D eigenvalue weighted by Crippen LogP contribution is -1.95. The number of ether oxygens (including phenoxy) is 1. The molecule has 1 aromatic rings. The van der Waals surface area contributed by atoms with E-state index in [2.05, 4.69) is 58.9 Å². The van der Waals surface area contributed by atoms with E-state index in [0.29, 0.717) is 5.41 Å². The van der Waals surface area contributed by atoms with Crippen LogP contribution in [0.4, 0.5) is 0 Å². The molecule has 0 unspecified atom stereocenters. The summed E-state index contributed by atoms with van der Waals surface area (Å²) in [5.74, 6) is 0. The van der Waals surface area contributed by atoms with Gasteiger partial charge in [0.05, 0.1) is 6.61 Å². The Labute approximate surface area is 144 Å². The summed E-state index contributed by atoms with van der Waals surface area (Å²) in [7, 11) is 0. The molecule has 0 amide bonds. The maximum Gasteiger partial charge on any atom is 0.0716 e. The molecule has 1 aromatic carbocycles. The molecule has 3 heteroatoms. The first-order chi connectivity index (χ1) is 9.93. The zero-order chi connectivity index (χ0) is 16.0. The minimum atomic E-state index is 0. The van der Waals surface area contributed by atoms with Crippen molar-refractivity contribution >= 4 is 0 Å². The number of hydrogen-bond donors (Lipinski definition) is 0. The fourth-order valence-electron chi connectivity index (χ4n) is 1.75. The Balaban J connectivity index is -0.000000502. The van der Waals surface area contributed by atoms with Crippen molar-refractivity contribution in [2.24, 2.45) is 5.41 Å². The average molecular weight is 329 g/mol. The Morgan fingerprint density at radius 1 is 0.783 bits per heavy atom. The second kappa shape index (κ2) is 17.5. The molecule has 0 atom stereocenters. The Bertz CT molecular complexity index is 311. The van der Waals surface area contributed by atoms with Gasteiger partial charge in [-0.15, -0.1) is 0 Å². The van der Waals surface area contributed by atoms with Crippen molar-refractivity contribution in [3.63, 3.8) is 0 Å². The smallest absolute Gasteiger partial charge is 0.0716 e. The summed E-state index contributed by atoms with van der Waals surface area (Å²) in [4.78, 5) is 0. The van der Waals surface area contributed by atoms with Crippen molar-refractivity contribution in [2.45, 2.75) is 79.8 Å². The summed E-state index contributed by atoms with van der Waals surface area (Å²) in [6.07, 6.45) is 7.97. The highest BCUT2D eigenvalue weighted by Gasteiger charge is 1.95. The van der Waals surface area contributed by atoms with Crippen molar-refractivity contribution in [3.05, 3.63) is 35.9 Å². The molecule has 1 rings (SSSR count). The molecule has 0 heterocycles. The van der Waals surface area contributed by atoms with E-state index in [1.54, 1.807) is 0 Å². The Hall–Kier alpha value is -0.900. The van der Waals surface area contributed by atoms with Gasteiger partial charge in [0.25, 0.3) is 0 Å². The number of benzene rings is 1. The molecule has 0 radical (unpaired) electrons. The van der Waals surface area contributed by atoms with Gasteiger partial charge in [0.1, 0.15) is 0 Å². The molecule has 3 nitrogen and oxygen atoms in total. The SMILES string of the molecule is CC(C)(C)C.CCCCCCCCOCc1ccccc1.O.O. The lowest BCUT2D eigenvalue weighted by molar-refractivity contribution is 0.116. The standard InChI is InChI=1S/C15H24O.C5H12.2H2O/c1-2-3-4-5-6-10-13-16-14-15-11-8-7-9-12-15;1-5(2,3)4;;/h7-9,11-12H,2-6,10,13-14H2,1H3;1-4H3;2*1H2. The summed E-state index contributed by atoms with van der Waals surface area (Å²) in [6, 6.07) is 10.4. The maximum atomic E-state index is 5.63. The van der Waals surface area contributed by atoms with Gasteiger partial charge in [-0.25, -0.2) is 0 Å². The third-order valence-electron chi connectivity index (χ3n) is 2.75. The fraction of sp³-hybridized carbons (Fsp3) is 0.700. The lowest BCUT2D eigenvalue weighted by Gasteiger charge is -2.05. The Morgan fingerprint density at radius 2 is 1.26 bits per heavy atom. The minimum absolute atomic E-state index is 0. The molecule has 0 aliphatic carbocycles. The van der Waals surface area contributed by atoms with Gasteiger partial charge in [-0.1, -0.05) is 97.1 Å². The first kappa shape index (κ1) is 27.0. The fourth-order valence-corrected chi connectivity index (χ4v) is 1.75. The highest BCUT2D eigenvalue weighted by Crippen LogP contribution is 2.08. The van der Waals surface area contributed by atoms with Gasteiger partial charge in [-0.3, -0.25) is 0 Å². The van der Waals surface area contributed by atoms with E-state index in [-0.39, 0.29) is 11.0 Å². The van der Waals surface area contributed by atoms with Crippen LogP contribution in [-0.4, -0.2) is 17.6 Å². The number of unbranched alkanes of at least 4 members (excludes halogenated alkanes) is 5. The summed E-state index contributed by atoms with van der Waals surface area (Å²) < 4.78 is 5.63. The minimum Gasteiger partial charge on any atom is -0.412 e. The van der Waals surface area contributed by atoms with Crippen LogP contribution in [0.5, 0.6) is 0 Å². The first-order valence-corrected chi connectivity index (χ1v) is 8.55. The average Bonchev–Trinajstić information content (AvgIpc) is 2.41. The van der Waals surface area contributed by atoms with Crippen LogP contribution in [0.25, 0.3) is 0 Å². The Kier molecular flexibility index (Phi) is 20.5. The molecule has 0 fully saturated rings. The zero-order valence-electron chi connectivity index (χ0n) is 16.0. The van der Waals surface area contributed by atoms with Crippen LogP contribution in [0.1, 0.15) is 78.7 Å². The molecular formula is C20H40O3. The van der Waals surface area contributed by atoms with E-state index < -0.39 is 0 Å². The van der Waals surface area contributed by atoms with Gasteiger partial charge >= 0.3 is 0 Å². The molecule has 0 spiro atoms. The summed E-state index contributed by atoms with van der Waals surface area (Å²) in [6.45, 7) is 12.7. The monoisotopic (exact) mass is 328 g/mol. The third-order valence-corrected chi connectivity index (χ3v) is 2.75. The predicted molar refractivity (Wildman–Crippen MR) is 102 cm³/mol. The number of rotatable bonds is 9. The van der Waals surface area contributed by atoms with Crippen molar-refractivity contribution in [2.75, 3.05) is 6.61 Å². The molecule has 138 valence electrons. The Morgan fingerprint density at radius 3 is 1.78 bits per heavy atom. The van der Waals surface area contributed by atoms with Crippen LogP contribution in [0, 0.1) is 5.41 Å². The molecule has 0 aromatic heterocycles. The lowest BCUT2D eigenvalue weighted by atomic mass is 10.0. The predicted octanol–water partition coefficient (Wildman–Crippen LogP) is 4.97. The van der Waals surface area contributed by atoms with Crippen LogP contribution < -0.4 is 0 Å². The zero-order valence-corrected chi connectivity index (χ0v) is 16.0. The van der Waals surface area contributed by atoms with Crippen molar-refractivity contribution in [1.29, 1.82) is 0 Å². The van der Waals surface area contributed by atoms with Gasteiger partial charge in [0, 0.05) is 6.61 Å². The van der Waals surface area contributed by atoms with Crippen LogP contribution in [0.2, 0.25) is 0 Å². The molecule has 0 saturated heterocycles. The van der Waals surface area contributed by atoms with E-state index in [1.165, 1.54) is 44.1 Å². The topological polar surface area (TPSA) is 72.2 Å². The van der Waals surface area contributed by atoms with E-state index in [0.717, 1.165) is 13.2 Å². The molecule has 0 aliphatic rings. The van der Waals surface area contributed by atoms with Crippen molar-refractivity contribution < 1.29 is 15.7 Å². The second-order valence-corrected chi connectivity index (χ2v) is 7.31. The maximum absolute atomic E-state index is 5.63. The van der Waals surface area contributed by atoms with Gasteiger partial charge < -0.3 is 15.7 Å². The third kappa shape index (κ3) is 26.3. The van der Waals surface area contributed by atoms with Gasteiger partial charge in [0.2, 0.25) is 0 Å². The van der Waals surface area contributed by atoms with E-state index >= 15 is 0 Å². The van der Waals surface area contributed by atoms with E-state index in [9.17, 15) is 0 Å². The molecule has 23 heavy (non-hydrogen) atoms. The normalized spacial score (nSPS) is 9.96. The van der Waals surface area contributed by atoms with Crippen LogP contribution in [0.15, 0.2) is 30.3 Å². The van der Waals surface area contributed by atoms with Crippen molar-refractivity contribution in [3.8, 4) is 0 Å². The van der Waals surface area contributed by atoms with Crippen LogP contribution >= 0.6 is 0 Å². The van der Waals surface area contributed by atoms with Gasteiger partial charge in [-0.2, -0.15) is 0 Å². The van der Waals surface area contributed by atoms with E-state index in [4.69, 9.17) is 4.74 Å². The molecule has 0 saturated carbocycles. The van der Waals surface area contributed by atoms with E-state index in [1.807, 2.05) is 6.07 Å². The van der Waals surface area contributed by atoms with Crippen LogP contribution in [-0.2, 0) is 11.3 Å². The highest BCUT2D eigenvalue weighted by atomic mass is 16.5. The summed E-state index contributed by atoms with van der Waals surface area (Å²) in [5.41, 5.74) is 1.77. The molecular weight excluding hydrogens is 288 g/mol. The molecule has 0 aliphatic heterocycles. The van der Waals surface area contributed by atoms with Gasteiger partial charge in [0.15, 0.2) is 0 Å². The molecule has 0 bridgehead atoms. The quantitative estimate of drug-likeness (QED) is 0.590. The molecule has 4 N–H and O–H groups in total. The van der Waals surface area contributed by atoms with Crippen LogP contribution in [0.3, 0.4) is 0 Å². The number of hydrogen-bond acceptors (Lipinski definition) is 1. The highest BCUT2D eigenvalue weighted by molar-refractivity contribution is 5.13.